The Kier molecular flexibility index (Phi) is 2.36. The molecule has 1 unspecified atom stereocenters. The standard InChI is InChI=1S/C10H14N4O2/c15-6-11-10-12-9(16-13-10)8-5-7-1-3-14(8)4-2-7/h6-8H,1-5H2,(H,11,13,15). The minimum Gasteiger partial charge on any atom is -0.336 e. The molecule has 0 spiro atoms. The lowest BCUT2D eigenvalue weighted by atomic mass is 9.83. The van der Waals surface area contributed by atoms with Crippen molar-refractivity contribution in [3.8, 4) is 0 Å². The summed E-state index contributed by atoms with van der Waals surface area (Å²) < 4.78 is 5.19. The maximum atomic E-state index is 10.2. The Labute approximate surface area is 93.0 Å². The highest BCUT2D eigenvalue weighted by molar-refractivity contribution is 5.66. The van der Waals surface area contributed by atoms with E-state index < -0.39 is 0 Å². The van der Waals surface area contributed by atoms with Gasteiger partial charge in [0.05, 0.1) is 6.04 Å². The van der Waals surface area contributed by atoms with Crippen LogP contribution in [-0.4, -0.2) is 34.5 Å². The van der Waals surface area contributed by atoms with E-state index in [0.29, 0.717) is 12.3 Å². The Balaban J connectivity index is 1.78. The Morgan fingerprint density at radius 2 is 2.25 bits per heavy atom. The molecule has 1 aromatic rings. The molecule has 0 radical (unpaired) electrons. The maximum absolute atomic E-state index is 10.2. The van der Waals surface area contributed by atoms with Crippen LogP contribution in [0.1, 0.15) is 31.2 Å². The number of carbonyl (C=O) groups excluding carboxylic acids is 1. The van der Waals surface area contributed by atoms with Crippen LogP contribution in [0.4, 0.5) is 5.95 Å². The van der Waals surface area contributed by atoms with Gasteiger partial charge in [0.2, 0.25) is 12.3 Å². The molecule has 3 aliphatic rings. The molecule has 6 heteroatoms. The summed E-state index contributed by atoms with van der Waals surface area (Å²) in [6, 6.07) is 0.252. The first-order valence-corrected chi connectivity index (χ1v) is 5.64. The molecule has 1 N–H and O–H groups in total. The molecule has 1 aromatic heterocycles. The molecule has 0 aromatic carbocycles. The second-order valence-corrected chi connectivity index (χ2v) is 4.45. The number of fused-ring (bicyclic) bond motifs is 3. The van der Waals surface area contributed by atoms with Crippen LogP contribution in [0.3, 0.4) is 0 Å². The van der Waals surface area contributed by atoms with Crippen molar-refractivity contribution in [2.45, 2.75) is 25.3 Å². The lowest BCUT2D eigenvalue weighted by molar-refractivity contribution is -0.105. The Morgan fingerprint density at radius 3 is 2.88 bits per heavy atom. The molecular weight excluding hydrogens is 208 g/mol. The van der Waals surface area contributed by atoms with Gasteiger partial charge in [0.15, 0.2) is 0 Å². The quantitative estimate of drug-likeness (QED) is 0.766. The van der Waals surface area contributed by atoms with E-state index in [1.807, 2.05) is 0 Å². The lowest BCUT2D eigenvalue weighted by Crippen LogP contribution is -2.43. The number of hydrogen-bond acceptors (Lipinski definition) is 5. The van der Waals surface area contributed by atoms with Gasteiger partial charge in [-0.2, -0.15) is 4.98 Å². The van der Waals surface area contributed by atoms with Crippen molar-refractivity contribution in [3.05, 3.63) is 5.89 Å². The zero-order valence-electron chi connectivity index (χ0n) is 8.93. The highest BCUT2D eigenvalue weighted by atomic mass is 16.5. The molecule has 1 atom stereocenters. The van der Waals surface area contributed by atoms with E-state index in [2.05, 4.69) is 20.4 Å². The van der Waals surface area contributed by atoms with Gasteiger partial charge in [0, 0.05) is 0 Å². The summed E-state index contributed by atoms with van der Waals surface area (Å²) in [6.45, 7) is 2.24. The first-order chi connectivity index (χ1) is 7.86. The molecule has 6 nitrogen and oxygen atoms in total. The van der Waals surface area contributed by atoms with E-state index >= 15 is 0 Å². The fourth-order valence-corrected chi connectivity index (χ4v) is 2.70. The van der Waals surface area contributed by atoms with Gasteiger partial charge in [0.25, 0.3) is 5.95 Å². The largest absolute Gasteiger partial charge is 0.336 e. The molecular formula is C10H14N4O2. The van der Waals surface area contributed by atoms with Gasteiger partial charge in [0.1, 0.15) is 0 Å². The number of rotatable bonds is 3. The van der Waals surface area contributed by atoms with Gasteiger partial charge < -0.3 is 4.52 Å². The molecule has 4 heterocycles. The molecule has 2 bridgehead atoms. The Hall–Kier alpha value is -1.43. The number of hydrogen-bond donors (Lipinski definition) is 1. The first kappa shape index (κ1) is 9.77. The summed E-state index contributed by atoms with van der Waals surface area (Å²) >= 11 is 0. The van der Waals surface area contributed by atoms with Crippen molar-refractivity contribution in [2.24, 2.45) is 5.92 Å². The van der Waals surface area contributed by atoms with Crippen LogP contribution in [0.15, 0.2) is 4.52 Å². The highest BCUT2D eigenvalue weighted by Crippen LogP contribution is 2.39. The van der Waals surface area contributed by atoms with E-state index in [1.54, 1.807) is 0 Å². The number of nitrogens with zero attached hydrogens (tertiary/aromatic N) is 3. The van der Waals surface area contributed by atoms with Gasteiger partial charge in [-0.05, 0) is 43.4 Å². The third-order valence-corrected chi connectivity index (χ3v) is 3.56. The van der Waals surface area contributed by atoms with Crippen molar-refractivity contribution in [1.82, 2.24) is 15.0 Å². The smallest absolute Gasteiger partial charge is 0.269 e. The van der Waals surface area contributed by atoms with Gasteiger partial charge in [-0.3, -0.25) is 15.0 Å². The van der Waals surface area contributed by atoms with Crippen molar-refractivity contribution in [1.29, 1.82) is 0 Å². The van der Waals surface area contributed by atoms with Crippen molar-refractivity contribution in [2.75, 3.05) is 18.4 Å². The molecule has 3 saturated heterocycles. The van der Waals surface area contributed by atoms with Crippen molar-refractivity contribution < 1.29 is 9.32 Å². The average molecular weight is 222 g/mol. The van der Waals surface area contributed by atoms with E-state index in [-0.39, 0.29) is 12.0 Å². The zero-order chi connectivity index (χ0) is 11.0. The molecule has 0 saturated carbocycles. The second-order valence-electron chi connectivity index (χ2n) is 4.45. The van der Waals surface area contributed by atoms with Crippen LogP contribution >= 0.6 is 0 Å². The van der Waals surface area contributed by atoms with Crippen LogP contribution in [0.2, 0.25) is 0 Å². The van der Waals surface area contributed by atoms with Crippen molar-refractivity contribution >= 4 is 12.4 Å². The van der Waals surface area contributed by atoms with Gasteiger partial charge >= 0.3 is 0 Å². The number of piperidine rings is 3. The third-order valence-electron chi connectivity index (χ3n) is 3.56. The minimum absolute atomic E-state index is 0.252. The molecule has 86 valence electrons. The Morgan fingerprint density at radius 1 is 1.44 bits per heavy atom. The SMILES string of the molecule is O=CNc1noc(C2CC3CCN2CC3)n1. The van der Waals surface area contributed by atoms with Crippen LogP contribution in [0.25, 0.3) is 0 Å². The van der Waals surface area contributed by atoms with Crippen LogP contribution in [0, 0.1) is 5.92 Å². The molecule has 0 aliphatic carbocycles. The van der Waals surface area contributed by atoms with E-state index in [9.17, 15) is 4.79 Å². The fourth-order valence-electron chi connectivity index (χ4n) is 2.70. The predicted molar refractivity (Wildman–Crippen MR) is 55.6 cm³/mol. The molecule has 4 rings (SSSR count). The molecule has 3 fully saturated rings. The summed E-state index contributed by atoms with van der Waals surface area (Å²) in [7, 11) is 0. The molecule has 16 heavy (non-hydrogen) atoms. The van der Waals surface area contributed by atoms with Gasteiger partial charge in [-0.1, -0.05) is 0 Å². The highest BCUT2D eigenvalue weighted by Gasteiger charge is 2.37. The first-order valence-electron chi connectivity index (χ1n) is 5.64. The number of anilines is 1. The summed E-state index contributed by atoms with van der Waals surface area (Å²) in [6.07, 6.45) is 4.22. The van der Waals surface area contributed by atoms with Crippen LogP contribution < -0.4 is 5.32 Å². The summed E-state index contributed by atoms with van der Waals surface area (Å²) in [5, 5.41) is 6.11. The van der Waals surface area contributed by atoms with Gasteiger partial charge in [-0.15, -0.1) is 0 Å². The molecule has 1 amide bonds. The lowest BCUT2D eigenvalue weighted by Gasteiger charge is -2.43. The minimum atomic E-state index is 0.252. The van der Waals surface area contributed by atoms with Crippen molar-refractivity contribution in [3.63, 3.8) is 0 Å². The van der Waals surface area contributed by atoms with E-state index in [1.165, 1.54) is 12.8 Å². The number of nitrogens with one attached hydrogen (secondary N) is 1. The van der Waals surface area contributed by atoms with Gasteiger partial charge in [-0.25, -0.2) is 0 Å². The predicted octanol–water partition coefficient (Wildman–Crippen LogP) is 0.795. The molecule has 3 aliphatic heterocycles. The summed E-state index contributed by atoms with van der Waals surface area (Å²) in [5.74, 6) is 1.69. The van der Waals surface area contributed by atoms with E-state index in [4.69, 9.17) is 4.52 Å². The van der Waals surface area contributed by atoms with Crippen LogP contribution in [-0.2, 0) is 4.79 Å². The van der Waals surface area contributed by atoms with E-state index in [0.717, 1.165) is 25.4 Å². The van der Waals surface area contributed by atoms with Crippen LogP contribution in [0.5, 0.6) is 0 Å². The zero-order valence-corrected chi connectivity index (χ0v) is 8.93. The maximum Gasteiger partial charge on any atom is 0.269 e. The number of aromatic nitrogens is 2. The number of carbonyl (C=O) groups is 1. The Bertz CT molecular complexity index is 384. The average Bonchev–Trinajstić information content (AvgIpc) is 2.80. The number of amides is 1. The fraction of sp³-hybridized carbons (Fsp3) is 0.700. The normalized spacial score (nSPS) is 32.6. The third kappa shape index (κ3) is 1.59. The summed E-state index contributed by atoms with van der Waals surface area (Å²) in [4.78, 5) is 16.8. The second kappa shape index (κ2) is 3.86. The monoisotopic (exact) mass is 222 g/mol. The topological polar surface area (TPSA) is 71.3 Å². The summed E-state index contributed by atoms with van der Waals surface area (Å²) in [5.41, 5.74) is 0.